The van der Waals surface area contributed by atoms with Gasteiger partial charge in [-0.1, -0.05) is 32.6 Å². The SMILES string of the molecule is CCOC1(C(NC)C2CCCC2)CCCC(C)C1. The van der Waals surface area contributed by atoms with Crippen LogP contribution in [0.4, 0.5) is 0 Å². The van der Waals surface area contributed by atoms with Crippen LogP contribution in [0.1, 0.15) is 65.2 Å². The molecule has 1 N–H and O–H groups in total. The molecule has 2 aliphatic rings. The first-order valence-electron chi connectivity index (χ1n) is 8.03. The molecule has 2 nitrogen and oxygen atoms in total. The zero-order valence-corrected chi connectivity index (χ0v) is 12.5. The van der Waals surface area contributed by atoms with E-state index in [-0.39, 0.29) is 5.60 Å². The minimum atomic E-state index is 0.121. The van der Waals surface area contributed by atoms with Crippen LogP contribution >= 0.6 is 0 Å². The monoisotopic (exact) mass is 253 g/mol. The fourth-order valence-electron chi connectivity index (χ4n) is 4.55. The molecule has 0 saturated heterocycles. The first-order chi connectivity index (χ1) is 8.72. The smallest absolute Gasteiger partial charge is 0.0839 e. The van der Waals surface area contributed by atoms with Gasteiger partial charge in [0.25, 0.3) is 0 Å². The maximum Gasteiger partial charge on any atom is 0.0839 e. The maximum atomic E-state index is 6.34. The second-order valence-corrected chi connectivity index (χ2v) is 6.51. The summed E-state index contributed by atoms with van der Waals surface area (Å²) in [5, 5.41) is 3.63. The van der Waals surface area contributed by atoms with Gasteiger partial charge >= 0.3 is 0 Å². The molecule has 2 aliphatic carbocycles. The third kappa shape index (κ3) is 2.91. The molecule has 0 aromatic carbocycles. The highest BCUT2D eigenvalue weighted by Gasteiger charge is 2.45. The first kappa shape index (κ1) is 14.3. The summed E-state index contributed by atoms with van der Waals surface area (Å²) in [6.45, 7) is 5.41. The molecule has 0 bridgehead atoms. The Balaban J connectivity index is 2.14. The fourth-order valence-corrected chi connectivity index (χ4v) is 4.55. The lowest BCUT2D eigenvalue weighted by Gasteiger charge is -2.47. The summed E-state index contributed by atoms with van der Waals surface area (Å²) in [5.41, 5.74) is 0.121. The third-order valence-corrected chi connectivity index (χ3v) is 5.17. The third-order valence-electron chi connectivity index (χ3n) is 5.17. The number of likely N-dealkylation sites (N-methyl/N-ethyl adjacent to an activating group) is 1. The highest BCUT2D eigenvalue weighted by molar-refractivity contribution is 5.00. The summed E-state index contributed by atoms with van der Waals surface area (Å²) in [6.07, 6.45) is 10.9. The molecule has 0 heterocycles. The summed E-state index contributed by atoms with van der Waals surface area (Å²) in [7, 11) is 2.14. The van der Waals surface area contributed by atoms with Crippen molar-refractivity contribution in [3.8, 4) is 0 Å². The van der Waals surface area contributed by atoms with E-state index < -0.39 is 0 Å². The number of hydrogen-bond acceptors (Lipinski definition) is 2. The van der Waals surface area contributed by atoms with Gasteiger partial charge in [-0.15, -0.1) is 0 Å². The van der Waals surface area contributed by atoms with E-state index in [2.05, 4.69) is 26.2 Å². The molecular weight excluding hydrogens is 222 g/mol. The quantitative estimate of drug-likeness (QED) is 0.805. The van der Waals surface area contributed by atoms with E-state index in [1.165, 1.54) is 51.4 Å². The van der Waals surface area contributed by atoms with Crippen molar-refractivity contribution in [1.29, 1.82) is 0 Å². The molecule has 3 atom stereocenters. The van der Waals surface area contributed by atoms with Crippen LogP contribution in [0.5, 0.6) is 0 Å². The van der Waals surface area contributed by atoms with Crippen LogP contribution in [0, 0.1) is 11.8 Å². The van der Waals surface area contributed by atoms with Crippen molar-refractivity contribution >= 4 is 0 Å². The van der Waals surface area contributed by atoms with Gasteiger partial charge in [-0.05, 0) is 51.5 Å². The van der Waals surface area contributed by atoms with Gasteiger partial charge in [0.1, 0.15) is 0 Å². The lowest BCUT2D eigenvalue weighted by molar-refractivity contribution is -0.110. The lowest BCUT2D eigenvalue weighted by Crippen LogP contribution is -2.57. The normalized spacial score (nSPS) is 35.8. The Hall–Kier alpha value is -0.0800. The largest absolute Gasteiger partial charge is 0.374 e. The highest BCUT2D eigenvalue weighted by Crippen LogP contribution is 2.43. The van der Waals surface area contributed by atoms with Crippen LogP contribution in [-0.4, -0.2) is 25.3 Å². The summed E-state index contributed by atoms with van der Waals surface area (Å²) in [5.74, 6) is 1.66. The molecule has 0 amide bonds. The average Bonchev–Trinajstić information content (AvgIpc) is 2.84. The van der Waals surface area contributed by atoms with Crippen molar-refractivity contribution < 1.29 is 4.74 Å². The van der Waals surface area contributed by atoms with E-state index >= 15 is 0 Å². The predicted octanol–water partition coefficient (Wildman–Crippen LogP) is 3.75. The van der Waals surface area contributed by atoms with Gasteiger partial charge in [-0.2, -0.15) is 0 Å². The molecule has 0 spiro atoms. The van der Waals surface area contributed by atoms with Crippen molar-refractivity contribution in [1.82, 2.24) is 5.32 Å². The van der Waals surface area contributed by atoms with Crippen molar-refractivity contribution in [3.05, 3.63) is 0 Å². The molecule has 2 fully saturated rings. The summed E-state index contributed by atoms with van der Waals surface area (Å²) >= 11 is 0. The Bertz CT molecular complexity index is 245. The van der Waals surface area contributed by atoms with Gasteiger partial charge in [0.2, 0.25) is 0 Å². The molecule has 18 heavy (non-hydrogen) atoms. The molecule has 2 rings (SSSR count). The van der Waals surface area contributed by atoms with Gasteiger partial charge in [-0.3, -0.25) is 0 Å². The summed E-state index contributed by atoms with van der Waals surface area (Å²) in [6, 6.07) is 0.572. The van der Waals surface area contributed by atoms with Gasteiger partial charge in [-0.25, -0.2) is 0 Å². The molecule has 3 unspecified atom stereocenters. The second-order valence-electron chi connectivity index (χ2n) is 6.51. The Morgan fingerprint density at radius 1 is 1.22 bits per heavy atom. The minimum absolute atomic E-state index is 0.121. The lowest BCUT2D eigenvalue weighted by atomic mass is 9.70. The molecule has 0 aromatic rings. The first-order valence-corrected chi connectivity index (χ1v) is 8.03. The van der Waals surface area contributed by atoms with Gasteiger partial charge in [0.05, 0.1) is 5.60 Å². The van der Waals surface area contributed by atoms with Crippen LogP contribution in [0.15, 0.2) is 0 Å². The predicted molar refractivity (Wildman–Crippen MR) is 76.8 cm³/mol. The van der Waals surface area contributed by atoms with Crippen LogP contribution in [0.2, 0.25) is 0 Å². The van der Waals surface area contributed by atoms with Gasteiger partial charge in [0.15, 0.2) is 0 Å². The van der Waals surface area contributed by atoms with Crippen molar-refractivity contribution in [3.63, 3.8) is 0 Å². The van der Waals surface area contributed by atoms with Crippen LogP contribution in [-0.2, 0) is 4.74 Å². The summed E-state index contributed by atoms with van der Waals surface area (Å²) < 4.78 is 6.34. The van der Waals surface area contributed by atoms with Gasteiger partial charge in [0, 0.05) is 12.6 Å². The number of rotatable bonds is 5. The second kappa shape index (κ2) is 6.38. The van der Waals surface area contributed by atoms with E-state index in [4.69, 9.17) is 4.74 Å². The van der Waals surface area contributed by atoms with Crippen LogP contribution < -0.4 is 5.32 Å². The zero-order valence-electron chi connectivity index (χ0n) is 12.5. The standard InChI is InChI=1S/C16H31NO/c1-4-18-16(11-7-8-13(2)12-16)15(17-3)14-9-5-6-10-14/h13-15,17H,4-12H2,1-3H3. The number of ether oxygens (including phenoxy) is 1. The van der Waals surface area contributed by atoms with Gasteiger partial charge < -0.3 is 10.1 Å². The molecule has 0 radical (unpaired) electrons. The number of nitrogens with one attached hydrogen (secondary N) is 1. The fraction of sp³-hybridized carbons (Fsp3) is 1.00. The Labute approximate surface area is 113 Å². The molecule has 106 valence electrons. The van der Waals surface area contributed by atoms with Crippen molar-refractivity contribution in [2.45, 2.75) is 76.9 Å². The van der Waals surface area contributed by atoms with E-state index in [0.717, 1.165) is 18.4 Å². The molecule has 2 heteroatoms. The highest BCUT2D eigenvalue weighted by atomic mass is 16.5. The Morgan fingerprint density at radius 2 is 1.94 bits per heavy atom. The van der Waals surface area contributed by atoms with Crippen molar-refractivity contribution in [2.24, 2.45) is 11.8 Å². The van der Waals surface area contributed by atoms with Crippen LogP contribution in [0.25, 0.3) is 0 Å². The molecule has 0 aromatic heterocycles. The van der Waals surface area contributed by atoms with E-state index in [1.807, 2.05) is 0 Å². The zero-order chi connectivity index (χ0) is 13.0. The Morgan fingerprint density at radius 3 is 2.50 bits per heavy atom. The van der Waals surface area contributed by atoms with Crippen LogP contribution in [0.3, 0.4) is 0 Å². The minimum Gasteiger partial charge on any atom is -0.374 e. The van der Waals surface area contributed by atoms with Crippen molar-refractivity contribution in [2.75, 3.05) is 13.7 Å². The maximum absolute atomic E-state index is 6.34. The average molecular weight is 253 g/mol. The van der Waals surface area contributed by atoms with E-state index in [9.17, 15) is 0 Å². The number of hydrogen-bond donors (Lipinski definition) is 1. The topological polar surface area (TPSA) is 21.3 Å². The molecule has 0 aliphatic heterocycles. The molecular formula is C16H31NO. The Kier molecular flexibility index (Phi) is 5.08. The molecule has 2 saturated carbocycles. The van der Waals surface area contributed by atoms with E-state index in [0.29, 0.717) is 6.04 Å². The van der Waals surface area contributed by atoms with E-state index in [1.54, 1.807) is 0 Å². The summed E-state index contributed by atoms with van der Waals surface area (Å²) in [4.78, 5) is 0.